The monoisotopic (exact) mass is 302 g/mol. The zero-order chi connectivity index (χ0) is 14.6. The van der Waals surface area contributed by atoms with E-state index in [4.69, 9.17) is 17.3 Å². The van der Waals surface area contributed by atoms with Crippen molar-refractivity contribution >= 4 is 39.7 Å². The molecule has 0 aliphatic carbocycles. The molecule has 1 amide bonds. The van der Waals surface area contributed by atoms with Crippen molar-refractivity contribution in [1.29, 1.82) is 0 Å². The standard InChI is InChI=1S/C13H19ClN2O2S/c1-8(2)9(3)19(18)7-13(17)16-10-4-5-11(14)12(15)6-10/h4-6,8-9H,7,15H2,1-3H3,(H,16,17). The molecule has 1 aromatic rings. The van der Waals surface area contributed by atoms with Crippen LogP contribution < -0.4 is 11.1 Å². The summed E-state index contributed by atoms with van der Waals surface area (Å²) in [6.07, 6.45) is 0. The summed E-state index contributed by atoms with van der Waals surface area (Å²) in [5.74, 6) is -0.0191. The van der Waals surface area contributed by atoms with E-state index in [0.29, 0.717) is 16.4 Å². The van der Waals surface area contributed by atoms with E-state index in [1.807, 2.05) is 20.8 Å². The topological polar surface area (TPSA) is 72.2 Å². The SMILES string of the molecule is CC(C)C(C)S(=O)CC(=O)Nc1ccc(Cl)c(N)c1. The quantitative estimate of drug-likeness (QED) is 0.821. The van der Waals surface area contributed by atoms with E-state index in [1.165, 1.54) is 0 Å². The van der Waals surface area contributed by atoms with Gasteiger partial charge in [0, 0.05) is 21.7 Å². The Kier molecular flexibility index (Phi) is 5.82. The molecule has 0 heterocycles. The van der Waals surface area contributed by atoms with Crippen LogP contribution in [0.25, 0.3) is 0 Å². The summed E-state index contributed by atoms with van der Waals surface area (Å²) in [5, 5.41) is 3.09. The summed E-state index contributed by atoms with van der Waals surface area (Å²) in [5.41, 5.74) is 6.60. The number of anilines is 2. The fourth-order valence-electron chi connectivity index (χ4n) is 1.38. The molecule has 0 radical (unpaired) electrons. The van der Waals surface area contributed by atoms with Crippen LogP contribution >= 0.6 is 11.6 Å². The summed E-state index contributed by atoms with van der Waals surface area (Å²) in [7, 11) is -1.18. The van der Waals surface area contributed by atoms with Crippen molar-refractivity contribution in [1.82, 2.24) is 0 Å². The summed E-state index contributed by atoms with van der Waals surface area (Å²) in [6.45, 7) is 5.86. The minimum atomic E-state index is -1.18. The third-order valence-electron chi connectivity index (χ3n) is 2.91. The van der Waals surface area contributed by atoms with Crippen LogP contribution in [0.5, 0.6) is 0 Å². The van der Waals surface area contributed by atoms with Gasteiger partial charge in [0.25, 0.3) is 0 Å². The number of nitrogen functional groups attached to an aromatic ring is 1. The predicted molar refractivity (Wildman–Crippen MR) is 81.8 cm³/mol. The maximum Gasteiger partial charge on any atom is 0.237 e. The lowest BCUT2D eigenvalue weighted by atomic mass is 10.2. The summed E-state index contributed by atoms with van der Waals surface area (Å²) >= 11 is 5.79. The molecule has 0 saturated heterocycles. The lowest BCUT2D eigenvalue weighted by molar-refractivity contribution is -0.113. The van der Waals surface area contributed by atoms with Crippen molar-refractivity contribution in [2.75, 3.05) is 16.8 Å². The number of carbonyl (C=O) groups excluding carboxylic acids is 1. The minimum absolute atomic E-state index is 0.0120. The maximum atomic E-state index is 11.9. The first-order chi connectivity index (χ1) is 8.81. The first-order valence-electron chi connectivity index (χ1n) is 6.03. The van der Waals surface area contributed by atoms with Gasteiger partial charge in [0.2, 0.25) is 5.91 Å². The Labute approximate surface area is 121 Å². The van der Waals surface area contributed by atoms with Crippen LogP contribution in [0.3, 0.4) is 0 Å². The molecule has 2 unspecified atom stereocenters. The summed E-state index contributed by atoms with van der Waals surface area (Å²) in [6, 6.07) is 4.85. The van der Waals surface area contributed by atoms with Crippen molar-refractivity contribution in [3.05, 3.63) is 23.2 Å². The number of amides is 1. The average Bonchev–Trinajstić information content (AvgIpc) is 2.32. The van der Waals surface area contributed by atoms with E-state index in [-0.39, 0.29) is 22.8 Å². The molecule has 106 valence electrons. The van der Waals surface area contributed by atoms with E-state index < -0.39 is 10.8 Å². The number of nitrogens with two attached hydrogens (primary N) is 1. The molecule has 0 aliphatic rings. The van der Waals surface area contributed by atoms with Crippen molar-refractivity contribution in [2.24, 2.45) is 5.92 Å². The lowest BCUT2D eigenvalue weighted by Gasteiger charge is -2.14. The Morgan fingerprint density at radius 3 is 2.58 bits per heavy atom. The Balaban J connectivity index is 2.60. The highest BCUT2D eigenvalue weighted by Gasteiger charge is 2.18. The van der Waals surface area contributed by atoms with Crippen LogP contribution in [0, 0.1) is 5.92 Å². The minimum Gasteiger partial charge on any atom is -0.397 e. The van der Waals surface area contributed by atoms with Crippen molar-refractivity contribution in [3.8, 4) is 0 Å². The second-order valence-corrected chi connectivity index (χ2v) is 6.96. The number of halogens is 1. The summed E-state index contributed by atoms with van der Waals surface area (Å²) < 4.78 is 11.9. The van der Waals surface area contributed by atoms with Gasteiger partial charge in [-0.15, -0.1) is 0 Å². The largest absolute Gasteiger partial charge is 0.397 e. The first-order valence-corrected chi connectivity index (χ1v) is 7.79. The van der Waals surface area contributed by atoms with Gasteiger partial charge in [0.1, 0.15) is 5.75 Å². The van der Waals surface area contributed by atoms with Gasteiger partial charge in [-0.05, 0) is 24.1 Å². The molecule has 19 heavy (non-hydrogen) atoms. The van der Waals surface area contributed by atoms with Crippen molar-refractivity contribution in [2.45, 2.75) is 26.0 Å². The molecule has 0 saturated carbocycles. The number of carbonyl (C=O) groups is 1. The van der Waals surface area contributed by atoms with Gasteiger partial charge < -0.3 is 11.1 Å². The second-order valence-electron chi connectivity index (χ2n) is 4.76. The molecule has 0 aromatic heterocycles. The average molecular weight is 303 g/mol. The number of benzene rings is 1. The van der Waals surface area contributed by atoms with Crippen LogP contribution in [0.2, 0.25) is 5.02 Å². The van der Waals surface area contributed by atoms with Crippen LogP contribution in [-0.4, -0.2) is 21.1 Å². The highest BCUT2D eigenvalue weighted by atomic mass is 35.5. The zero-order valence-electron chi connectivity index (χ0n) is 11.3. The highest BCUT2D eigenvalue weighted by Crippen LogP contribution is 2.22. The zero-order valence-corrected chi connectivity index (χ0v) is 12.8. The van der Waals surface area contributed by atoms with Crippen LogP contribution in [-0.2, 0) is 15.6 Å². The fourth-order valence-corrected chi connectivity index (χ4v) is 2.70. The van der Waals surface area contributed by atoms with Crippen molar-refractivity contribution in [3.63, 3.8) is 0 Å². The van der Waals surface area contributed by atoms with E-state index in [9.17, 15) is 9.00 Å². The molecule has 0 fully saturated rings. The Hall–Kier alpha value is -1.07. The van der Waals surface area contributed by atoms with E-state index in [0.717, 1.165) is 0 Å². The normalized spacial score (nSPS) is 14.2. The summed E-state index contributed by atoms with van der Waals surface area (Å²) in [4.78, 5) is 11.8. The maximum absolute atomic E-state index is 11.9. The highest BCUT2D eigenvalue weighted by molar-refractivity contribution is 7.86. The third kappa shape index (κ3) is 4.84. The Morgan fingerprint density at radius 2 is 2.05 bits per heavy atom. The van der Waals surface area contributed by atoms with Gasteiger partial charge in [-0.2, -0.15) is 0 Å². The number of nitrogens with one attached hydrogen (secondary N) is 1. The van der Waals surface area contributed by atoms with Gasteiger partial charge in [0.15, 0.2) is 0 Å². The molecule has 2 atom stereocenters. The smallest absolute Gasteiger partial charge is 0.237 e. The van der Waals surface area contributed by atoms with Crippen LogP contribution in [0.15, 0.2) is 18.2 Å². The molecule has 6 heteroatoms. The van der Waals surface area contributed by atoms with Gasteiger partial charge in [-0.3, -0.25) is 9.00 Å². The predicted octanol–water partition coefficient (Wildman–Crippen LogP) is 2.65. The van der Waals surface area contributed by atoms with Gasteiger partial charge in [-0.1, -0.05) is 32.4 Å². The molecule has 0 spiro atoms. The Bertz CT molecular complexity index is 492. The van der Waals surface area contributed by atoms with Gasteiger partial charge in [0.05, 0.1) is 10.7 Å². The molecule has 4 nitrogen and oxygen atoms in total. The second kappa shape index (κ2) is 6.91. The molecule has 0 bridgehead atoms. The van der Waals surface area contributed by atoms with E-state index >= 15 is 0 Å². The third-order valence-corrected chi connectivity index (χ3v) is 5.17. The van der Waals surface area contributed by atoms with Crippen molar-refractivity contribution < 1.29 is 9.00 Å². The number of rotatable bonds is 5. The van der Waals surface area contributed by atoms with E-state index in [1.54, 1.807) is 18.2 Å². The molecular weight excluding hydrogens is 284 g/mol. The van der Waals surface area contributed by atoms with Gasteiger partial charge in [-0.25, -0.2) is 0 Å². The fraction of sp³-hybridized carbons (Fsp3) is 0.462. The molecule has 3 N–H and O–H groups in total. The molecule has 0 aliphatic heterocycles. The Morgan fingerprint density at radius 1 is 1.42 bits per heavy atom. The molecular formula is C13H19ClN2O2S. The van der Waals surface area contributed by atoms with Crippen LogP contribution in [0.1, 0.15) is 20.8 Å². The first kappa shape index (κ1) is 16.0. The number of hydrogen-bond donors (Lipinski definition) is 2. The lowest BCUT2D eigenvalue weighted by Crippen LogP contribution is -2.27. The van der Waals surface area contributed by atoms with Gasteiger partial charge >= 0.3 is 0 Å². The molecule has 1 aromatic carbocycles. The number of hydrogen-bond acceptors (Lipinski definition) is 3. The van der Waals surface area contributed by atoms with Crippen LogP contribution in [0.4, 0.5) is 11.4 Å². The van der Waals surface area contributed by atoms with E-state index in [2.05, 4.69) is 5.32 Å². The molecule has 1 rings (SSSR count).